The van der Waals surface area contributed by atoms with Crippen LogP contribution < -0.4 is 5.48 Å². The van der Waals surface area contributed by atoms with Gasteiger partial charge in [-0.2, -0.15) is 10.7 Å². The molecule has 0 heterocycles. The van der Waals surface area contributed by atoms with Gasteiger partial charge >= 0.3 is 0 Å². The number of nitrogens with one attached hydrogen (secondary N) is 1. The molecule has 1 N–H and O–H groups in total. The van der Waals surface area contributed by atoms with E-state index >= 15 is 0 Å². The molecule has 0 unspecified atom stereocenters. The molecule has 0 fully saturated rings. The molecule has 0 saturated carbocycles. The zero-order valence-electron chi connectivity index (χ0n) is 9.00. The summed E-state index contributed by atoms with van der Waals surface area (Å²) in [5, 5.41) is 8.79. The number of benzene rings is 1. The fraction of sp³-hybridized carbons (Fsp3) is 0.364. The summed E-state index contributed by atoms with van der Waals surface area (Å²) in [6.07, 6.45) is 0. The number of ether oxygens (including phenoxy) is 1. The minimum Gasteiger partial charge on any atom is -0.382 e. The van der Waals surface area contributed by atoms with Crippen LogP contribution in [0.2, 0.25) is 0 Å². The summed E-state index contributed by atoms with van der Waals surface area (Å²) in [7, 11) is 1.57. The molecule has 4 nitrogen and oxygen atoms in total. The number of rotatable bonds is 6. The molecular formula is C11H13FN2O2. The van der Waals surface area contributed by atoms with Crippen molar-refractivity contribution in [2.75, 3.05) is 20.3 Å². The largest absolute Gasteiger partial charge is 0.382 e. The van der Waals surface area contributed by atoms with Crippen molar-refractivity contribution in [1.29, 1.82) is 5.26 Å². The summed E-state index contributed by atoms with van der Waals surface area (Å²) in [6, 6.07) is 6.00. The predicted molar refractivity (Wildman–Crippen MR) is 55.8 cm³/mol. The molecule has 1 rings (SSSR count). The molecule has 5 heteroatoms. The van der Waals surface area contributed by atoms with Gasteiger partial charge in [-0.1, -0.05) is 0 Å². The number of methoxy groups -OCH3 is 1. The van der Waals surface area contributed by atoms with Crippen LogP contribution in [0, 0.1) is 17.1 Å². The van der Waals surface area contributed by atoms with Crippen LogP contribution in [0.1, 0.15) is 11.1 Å². The fourth-order valence-electron chi connectivity index (χ4n) is 1.14. The Hall–Kier alpha value is -1.48. The number of nitriles is 1. The smallest absolute Gasteiger partial charge is 0.123 e. The normalized spacial score (nSPS) is 10.1. The van der Waals surface area contributed by atoms with Crippen LogP contribution in [-0.4, -0.2) is 20.3 Å². The van der Waals surface area contributed by atoms with Gasteiger partial charge in [0.05, 0.1) is 24.8 Å². The average Bonchev–Trinajstić information content (AvgIpc) is 2.29. The zero-order chi connectivity index (χ0) is 11.8. The maximum absolute atomic E-state index is 12.9. The van der Waals surface area contributed by atoms with E-state index in [4.69, 9.17) is 14.8 Å². The first-order valence-corrected chi connectivity index (χ1v) is 4.80. The Labute approximate surface area is 93.5 Å². The fourth-order valence-corrected chi connectivity index (χ4v) is 1.14. The first-order chi connectivity index (χ1) is 7.77. The molecule has 1 aromatic carbocycles. The second-order valence-electron chi connectivity index (χ2n) is 3.08. The lowest BCUT2D eigenvalue weighted by Crippen LogP contribution is -2.17. The predicted octanol–water partition coefficient (Wildman–Crippen LogP) is 1.36. The van der Waals surface area contributed by atoms with Crippen LogP contribution in [0.3, 0.4) is 0 Å². The maximum atomic E-state index is 12.9. The Balaban J connectivity index is 2.46. The third kappa shape index (κ3) is 3.95. The zero-order valence-corrected chi connectivity index (χ0v) is 9.00. The van der Waals surface area contributed by atoms with Crippen molar-refractivity contribution in [1.82, 2.24) is 5.48 Å². The Morgan fingerprint density at radius 2 is 2.25 bits per heavy atom. The van der Waals surface area contributed by atoms with Crippen molar-refractivity contribution in [2.45, 2.75) is 6.54 Å². The van der Waals surface area contributed by atoms with E-state index in [0.717, 1.165) is 0 Å². The molecule has 86 valence electrons. The van der Waals surface area contributed by atoms with Crippen LogP contribution in [0.15, 0.2) is 18.2 Å². The van der Waals surface area contributed by atoms with Crippen LogP contribution in [0.25, 0.3) is 0 Å². The molecule has 0 aliphatic carbocycles. The van der Waals surface area contributed by atoms with Gasteiger partial charge in [-0.3, -0.25) is 4.84 Å². The minimum absolute atomic E-state index is 0.282. The van der Waals surface area contributed by atoms with E-state index in [-0.39, 0.29) is 12.4 Å². The Bertz CT molecular complexity index is 377. The highest BCUT2D eigenvalue weighted by Gasteiger charge is 2.03. The van der Waals surface area contributed by atoms with Crippen LogP contribution in [0.5, 0.6) is 0 Å². The molecule has 1 aromatic rings. The van der Waals surface area contributed by atoms with Gasteiger partial charge in [0.25, 0.3) is 0 Å². The van der Waals surface area contributed by atoms with Crippen molar-refractivity contribution < 1.29 is 14.0 Å². The van der Waals surface area contributed by atoms with Crippen molar-refractivity contribution >= 4 is 0 Å². The van der Waals surface area contributed by atoms with E-state index in [2.05, 4.69) is 5.48 Å². The Morgan fingerprint density at radius 1 is 1.44 bits per heavy atom. The molecule has 0 saturated heterocycles. The van der Waals surface area contributed by atoms with Gasteiger partial charge in [0, 0.05) is 13.7 Å². The maximum Gasteiger partial charge on any atom is 0.123 e. The van der Waals surface area contributed by atoms with Crippen molar-refractivity contribution in [3.63, 3.8) is 0 Å². The van der Waals surface area contributed by atoms with Crippen LogP contribution in [-0.2, 0) is 16.1 Å². The van der Waals surface area contributed by atoms with Gasteiger partial charge in [0.1, 0.15) is 5.82 Å². The Morgan fingerprint density at radius 3 is 2.94 bits per heavy atom. The van der Waals surface area contributed by atoms with E-state index in [1.165, 1.54) is 18.2 Å². The average molecular weight is 224 g/mol. The number of hydrogen-bond donors (Lipinski definition) is 1. The van der Waals surface area contributed by atoms with Gasteiger partial charge in [-0.05, 0) is 23.8 Å². The highest BCUT2D eigenvalue weighted by molar-refractivity contribution is 5.37. The van der Waals surface area contributed by atoms with Crippen molar-refractivity contribution in [3.8, 4) is 6.07 Å². The summed E-state index contributed by atoms with van der Waals surface area (Å²) in [5.41, 5.74) is 3.64. The molecule has 0 atom stereocenters. The van der Waals surface area contributed by atoms with Gasteiger partial charge < -0.3 is 4.74 Å². The highest BCUT2D eigenvalue weighted by Crippen LogP contribution is 2.09. The van der Waals surface area contributed by atoms with Gasteiger partial charge in [-0.15, -0.1) is 0 Å². The first kappa shape index (κ1) is 12.6. The Kier molecular flexibility index (Phi) is 5.43. The summed E-state index contributed by atoms with van der Waals surface area (Å²) >= 11 is 0. The standard InChI is InChI=1S/C11H13FN2O2/c1-15-4-5-16-14-8-10-6-11(12)3-2-9(10)7-13/h2-3,6,14H,4-5,8H2,1H3. The molecule has 0 radical (unpaired) electrons. The van der Waals surface area contributed by atoms with E-state index in [9.17, 15) is 4.39 Å². The number of nitrogens with zero attached hydrogens (tertiary/aromatic N) is 1. The van der Waals surface area contributed by atoms with E-state index in [1.54, 1.807) is 7.11 Å². The number of hydrogen-bond acceptors (Lipinski definition) is 4. The minimum atomic E-state index is -0.368. The van der Waals surface area contributed by atoms with Gasteiger partial charge in [-0.25, -0.2) is 4.39 Å². The van der Waals surface area contributed by atoms with Crippen LogP contribution in [0.4, 0.5) is 4.39 Å². The SMILES string of the molecule is COCCONCc1cc(F)ccc1C#N. The monoisotopic (exact) mass is 224 g/mol. The molecular weight excluding hydrogens is 211 g/mol. The van der Waals surface area contributed by atoms with Gasteiger partial charge in [0.2, 0.25) is 0 Å². The number of hydroxylamine groups is 1. The lowest BCUT2D eigenvalue weighted by atomic mass is 10.1. The summed E-state index contributed by atoms with van der Waals surface area (Å²) in [6.45, 7) is 1.15. The number of halogens is 1. The molecule has 16 heavy (non-hydrogen) atoms. The molecule has 0 aromatic heterocycles. The van der Waals surface area contributed by atoms with E-state index in [1.807, 2.05) is 6.07 Å². The summed E-state index contributed by atoms with van der Waals surface area (Å²) < 4.78 is 17.7. The van der Waals surface area contributed by atoms with Crippen molar-refractivity contribution in [2.24, 2.45) is 0 Å². The van der Waals surface area contributed by atoms with Gasteiger partial charge in [0.15, 0.2) is 0 Å². The third-order valence-electron chi connectivity index (χ3n) is 1.94. The molecule has 0 bridgehead atoms. The lowest BCUT2D eigenvalue weighted by Gasteiger charge is -2.06. The second kappa shape index (κ2) is 6.90. The van der Waals surface area contributed by atoms with Crippen LogP contribution >= 0.6 is 0 Å². The quantitative estimate of drug-likeness (QED) is 0.585. The van der Waals surface area contributed by atoms with E-state index < -0.39 is 0 Å². The second-order valence-corrected chi connectivity index (χ2v) is 3.08. The highest BCUT2D eigenvalue weighted by atomic mass is 19.1. The van der Waals surface area contributed by atoms with Crippen molar-refractivity contribution in [3.05, 3.63) is 35.1 Å². The molecule has 0 amide bonds. The molecule has 0 aliphatic heterocycles. The summed E-state index contributed by atoms with van der Waals surface area (Å²) in [5.74, 6) is -0.368. The first-order valence-electron chi connectivity index (χ1n) is 4.80. The third-order valence-corrected chi connectivity index (χ3v) is 1.94. The van der Waals surface area contributed by atoms with E-state index in [0.29, 0.717) is 24.3 Å². The lowest BCUT2D eigenvalue weighted by molar-refractivity contribution is 0.00341. The molecule has 0 spiro atoms. The topological polar surface area (TPSA) is 54.3 Å². The molecule has 0 aliphatic rings. The summed E-state index contributed by atoms with van der Waals surface area (Å²) in [4.78, 5) is 5.01.